The Kier molecular flexibility index (Phi) is 4.51. The van der Waals surface area contributed by atoms with E-state index in [4.69, 9.17) is 5.11 Å². The molecule has 10 heteroatoms. The largest absolute Gasteiger partial charge is 0.481 e. The number of carboxylic acids is 1. The van der Waals surface area contributed by atoms with E-state index in [-0.39, 0.29) is 11.3 Å². The maximum Gasteiger partial charge on any atom is 0.406 e. The molecule has 1 aliphatic rings. The molecule has 1 aromatic rings. The van der Waals surface area contributed by atoms with Gasteiger partial charge in [0.1, 0.15) is 12.4 Å². The lowest BCUT2D eigenvalue weighted by atomic mass is 9.96. The fourth-order valence-electron chi connectivity index (χ4n) is 2.76. The zero-order chi connectivity index (χ0) is 18.4. The van der Waals surface area contributed by atoms with Crippen LogP contribution in [0, 0.1) is 17.5 Å². The van der Waals surface area contributed by atoms with Crippen LogP contribution >= 0.6 is 0 Å². The molecule has 1 atom stereocenters. The van der Waals surface area contributed by atoms with Gasteiger partial charge >= 0.3 is 12.1 Å². The van der Waals surface area contributed by atoms with Crippen molar-refractivity contribution < 1.29 is 41.0 Å². The number of carbonyl (C=O) groups excluding carboxylic acids is 1. The minimum atomic E-state index is -4.92. The Hall–Kier alpha value is -2.26. The minimum Gasteiger partial charge on any atom is -0.481 e. The first-order chi connectivity index (χ1) is 11.0. The van der Waals surface area contributed by atoms with Crippen molar-refractivity contribution in [3.05, 3.63) is 34.1 Å². The van der Waals surface area contributed by atoms with Crippen molar-refractivity contribution in [2.45, 2.75) is 32.0 Å². The fourth-order valence-corrected chi connectivity index (χ4v) is 2.76. The second kappa shape index (κ2) is 5.99. The second-order valence-corrected chi connectivity index (χ2v) is 5.22. The number of halogens is 6. The van der Waals surface area contributed by atoms with Gasteiger partial charge in [-0.3, -0.25) is 9.59 Å². The van der Waals surface area contributed by atoms with Crippen molar-refractivity contribution in [3.8, 4) is 0 Å². The molecule has 0 spiro atoms. The summed E-state index contributed by atoms with van der Waals surface area (Å²) in [7, 11) is 0. The summed E-state index contributed by atoms with van der Waals surface area (Å²) in [5.41, 5.74) is -2.77. The number of nitrogens with zero attached hydrogens (tertiary/aromatic N) is 1. The molecule has 4 nitrogen and oxygen atoms in total. The molecule has 2 rings (SSSR count). The minimum absolute atomic E-state index is 0.00380. The molecule has 0 fully saturated rings. The lowest BCUT2D eigenvalue weighted by Gasteiger charge is -2.25. The van der Waals surface area contributed by atoms with Gasteiger partial charge in [-0.2, -0.15) is 13.2 Å². The normalized spacial score (nSPS) is 17.4. The third-order valence-corrected chi connectivity index (χ3v) is 3.70. The maximum absolute atomic E-state index is 14.4. The highest BCUT2D eigenvalue weighted by Crippen LogP contribution is 2.42. The first kappa shape index (κ1) is 18.1. The van der Waals surface area contributed by atoms with Crippen LogP contribution in [0.4, 0.5) is 26.3 Å². The van der Waals surface area contributed by atoms with E-state index in [0.29, 0.717) is 0 Å². The van der Waals surface area contributed by atoms with Gasteiger partial charge in [0.05, 0.1) is 18.0 Å². The predicted octanol–water partition coefficient (Wildman–Crippen LogP) is 3.20. The third-order valence-electron chi connectivity index (χ3n) is 3.70. The summed E-state index contributed by atoms with van der Waals surface area (Å²) in [5.74, 6) is -8.03. The molecule has 0 aromatic heterocycles. The van der Waals surface area contributed by atoms with Crippen LogP contribution in [-0.4, -0.2) is 34.6 Å². The summed E-state index contributed by atoms with van der Waals surface area (Å²) >= 11 is 0. The zero-order valence-corrected chi connectivity index (χ0v) is 12.2. The van der Waals surface area contributed by atoms with Gasteiger partial charge in [0, 0.05) is 11.1 Å². The average molecular weight is 355 g/mol. The van der Waals surface area contributed by atoms with E-state index < -0.39 is 71.2 Å². The number of carbonyl (C=O) groups is 2. The SMILES string of the molecule is CCc1c(F)c(F)c2c(c1F)C(CC(=O)O)N(CC(F)(F)F)C2=O. The number of aliphatic carboxylic acids is 1. The van der Waals surface area contributed by atoms with Crippen molar-refractivity contribution in [1.29, 1.82) is 0 Å². The van der Waals surface area contributed by atoms with Crippen LogP contribution in [0.2, 0.25) is 0 Å². The molecule has 1 heterocycles. The number of benzene rings is 1. The molecule has 1 unspecified atom stereocenters. The molecule has 0 aliphatic carbocycles. The molecule has 24 heavy (non-hydrogen) atoms. The Morgan fingerprint density at radius 1 is 1.17 bits per heavy atom. The van der Waals surface area contributed by atoms with Gasteiger partial charge in [0.15, 0.2) is 11.6 Å². The highest BCUT2D eigenvalue weighted by molar-refractivity contribution is 6.00. The molecule has 0 radical (unpaired) electrons. The van der Waals surface area contributed by atoms with Crippen LogP contribution in [-0.2, 0) is 11.2 Å². The van der Waals surface area contributed by atoms with Crippen molar-refractivity contribution in [2.24, 2.45) is 0 Å². The van der Waals surface area contributed by atoms with Gasteiger partial charge in [0.2, 0.25) is 0 Å². The highest BCUT2D eigenvalue weighted by Gasteiger charge is 2.48. The van der Waals surface area contributed by atoms with E-state index >= 15 is 0 Å². The van der Waals surface area contributed by atoms with Crippen molar-refractivity contribution in [2.75, 3.05) is 6.54 Å². The van der Waals surface area contributed by atoms with Gasteiger partial charge in [-0.05, 0) is 6.42 Å². The monoisotopic (exact) mass is 355 g/mol. The molecule has 1 aliphatic heterocycles. The topological polar surface area (TPSA) is 57.6 Å². The Morgan fingerprint density at radius 2 is 1.75 bits per heavy atom. The molecule has 0 bridgehead atoms. The van der Waals surface area contributed by atoms with Crippen LogP contribution in [0.3, 0.4) is 0 Å². The molecule has 1 aromatic carbocycles. The van der Waals surface area contributed by atoms with Gasteiger partial charge in [0.25, 0.3) is 5.91 Å². The number of carboxylic acid groups (broad SMARTS) is 1. The fraction of sp³-hybridized carbons (Fsp3) is 0.429. The number of fused-ring (bicyclic) bond motifs is 1. The Balaban J connectivity index is 2.70. The Morgan fingerprint density at radius 3 is 2.21 bits per heavy atom. The van der Waals surface area contributed by atoms with Gasteiger partial charge in [-0.1, -0.05) is 6.92 Å². The molecular formula is C14H11F6NO3. The van der Waals surface area contributed by atoms with E-state index in [1.165, 1.54) is 6.92 Å². The summed E-state index contributed by atoms with van der Waals surface area (Å²) in [4.78, 5) is 22.9. The van der Waals surface area contributed by atoms with Gasteiger partial charge < -0.3 is 10.0 Å². The molecule has 1 N–H and O–H groups in total. The Bertz CT molecular complexity index is 716. The molecule has 1 amide bonds. The standard InChI is InChI=1S/C14H11F6NO3/c1-2-5-10(15)8-6(3-7(22)23)21(4-14(18,19)20)13(24)9(8)12(17)11(5)16/h6H,2-4H2,1H3,(H,22,23). The maximum atomic E-state index is 14.4. The van der Waals surface area contributed by atoms with E-state index in [2.05, 4.69) is 0 Å². The Labute approximate surface area is 131 Å². The summed E-state index contributed by atoms with van der Waals surface area (Å²) in [5, 5.41) is 8.83. The smallest absolute Gasteiger partial charge is 0.406 e. The van der Waals surface area contributed by atoms with E-state index in [1.54, 1.807) is 0 Å². The van der Waals surface area contributed by atoms with Crippen LogP contribution in [0.15, 0.2) is 0 Å². The predicted molar refractivity (Wildman–Crippen MR) is 67.8 cm³/mol. The second-order valence-electron chi connectivity index (χ2n) is 5.22. The van der Waals surface area contributed by atoms with Crippen LogP contribution in [0.25, 0.3) is 0 Å². The zero-order valence-electron chi connectivity index (χ0n) is 12.2. The molecule has 0 saturated heterocycles. The van der Waals surface area contributed by atoms with Gasteiger partial charge in [-0.25, -0.2) is 13.2 Å². The van der Waals surface area contributed by atoms with Gasteiger partial charge in [-0.15, -0.1) is 0 Å². The van der Waals surface area contributed by atoms with Crippen molar-refractivity contribution in [3.63, 3.8) is 0 Å². The quantitative estimate of drug-likeness (QED) is 0.667. The third kappa shape index (κ3) is 2.92. The molecule has 132 valence electrons. The summed E-state index contributed by atoms with van der Waals surface area (Å²) in [6.07, 6.45) is -6.32. The van der Waals surface area contributed by atoms with Crippen LogP contribution in [0.5, 0.6) is 0 Å². The van der Waals surface area contributed by atoms with E-state index in [1.807, 2.05) is 0 Å². The van der Waals surface area contributed by atoms with Crippen LogP contribution < -0.4 is 0 Å². The summed E-state index contributed by atoms with van der Waals surface area (Å²) in [6, 6.07) is -1.87. The number of hydrogen-bond acceptors (Lipinski definition) is 2. The summed E-state index contributed by atoms with van der Waals surface area (Å²) < 4.78 is 80.2. The highest BCUT2D eigenvalue weighted by atomic mass is 19.4. The molecular weight excluding hydrogens is 344 g/mol. The number of amides is 1. The number of rotatable bonds is 4. The first-order valence-electron chi connectivity index (χ1n) is 6.78. The van der Waals surface area contributed by atoms with Crippen LogP contribution in [0.1, 0.15) is 40.9 Å². The number of hydrogen-bond donors (Lipinski definition) is 1. The van der Waals surface area contributed by atoms with Crippen molar-refractivity contribution >= 4 is 11.9 Å². The number of alkyl halides is 3. The van der Waals surface area contributed by atoms with E-state index in [0.717, 1.165) is 0 Å². The van der Waals surface area contributed by atoms with E-state index in [9.17, 15) is 35.9 Å². The average Bonchev–Trinajstić information content (AvgIpc) is 2.69. The van der Waals surface area contributed by atoms with Crippen molar-refractivity contribution in [1.82, 2.24) is 4.90 Å². The summed E-state index contributed by atoms with van der Waals surface area (Å²) in [6.45, 7) is -0.621. The first-order valence-corrected chi connectivity index (χ1v) is 6.78. The lowest BCUT2D eigenvalue weighted by Crippen LogP contribution is -2.38. The molecule has 0 saturated carbocycles. The lowest BCUT2D eigenvalue weighted by molar-refractivity contribution is -0.149.